The summed E-state index contributed by atoms with van der Waals surface area (Å²) in [6, 6.07) is 1.96. The van der Waals surface area contributed by atoms with Gasteiger partial charge in [-0.1, -0.05) is 11.6 Å². The van der Waals surface area contributed by atoms with Crippen LogP contribution >= 0.6 is 11.6 Å². The van der Waals surface area contributed by atoms with Crippen LogP contribution in [0.4, 0.5) is 5.82 Å². The van der Waals surface area contributed by atoms with Gasteiger partial charge in [-0.25, -0.2) is 0 Å². The molecule has 0 bridgehead atoms. The summed E-state index contributed by atoms with van der Waals surface area (Å²) >= 11 is 6.05. The molecule has 1 N–H and O–H groups in total. The lowest BCUT2D eigenvalue weighted by Gasteiger charge is -2.31. The second-order valence-electron chi connectivity index (χ2n) is 4.65. The number of hydrogen-bond acceptors (Lipinski definition) is 6. The second-order valence-corrected chi connectivity index (χ2v) is 5.01. The van der Waals surface area contributed by atoms with E-state index in [4.69, 9.17) is 21.1 Å². The zero-order chi connectivity index (χ0) is 13.9. The van der Waals surface area contributed by atoms with Crippen LogP contribution in [0.25, 0.3) is 10.8 Å². The first kappa shape index (κ1) is 13.5. The molecule has 0 spiro atoms. The SMILES string of the molecule is CO[C@@H]1COCC[C@H]1Nc1nnc(Cl)c2ccncc12. The van der Waals surface area contributed by atoms with E-state index in [1.54, 1.807) is 19.5 Å². The molecule has 2 atom stereocenters. The Hall–Kier alpha value is -1.50. The summed E-state index contributed by atoms with van der Waals surface area (Å²) in [5, 5.41) is 13.6. The topological polar surface area (TPSA) is 69.2 Å². The quantitative estimate of drug-likeness (QED) is 0.932. The van der Waals surface area contributed by atoms with E-state index in [1.165, 1.54) is 0 Å². The number of ether oxygens (including phenoxy) is 2. The number of hydrogen-bond donors (Lipinski definition) is 1. The minimum absolute atomic E-state index is 0.00653. The second kappa shape index (κ2) is 5.87. The molecule has 20 heavy (non-hydrogen) atoms. The lowest BCUT2D eigenvalue weighted by atomic mass is 10.1. The first-order valence-electron chi connectivity index (χ1n) is 6.42. The lowest BCUT2D eigenvalue weighted by molar-refractivity contribution is -0.0366. The Bertz CT molecular complexity index is 610. The monoisotopic (exact) mass is 294 g/mol. The average molecular weight is 295 g/mol. The van der Waals surface area contributed by atoms with E-state index >= 15 is 0 Å². The molecule has 0 saturated carbocycles. The number of pyridine rings is 1. The van der Waals surface area contributed by atoms with E-state index in [2.05, 4.69) is 20.5 Å². The Balaban J connectivity index is 1.92. The molecule has 1 aliphatic heterocycles. The van der Waals surface area contributed by atoms with Gasteiger partial charge in [0.15, 0.2) is 11.0 Å². The normalized spacial score (nSPS) is 22.9. The van der Waals surface area contributed by atoms with Crippen LogP contribution in [0.1, 0.15) is 6.42 Å². The third kappa shape index (κ3) is 2.54. The summed E-state index contributed by atoms with van der Waals surface area (Å²) in [6.07, 6.45) is 4.27. The Morgan fingerprint density at radius 1 is 1.40 bits per heavy atom. The van der Waals surface area contributed by atoms with E-state index in [0.29, 0.717) is 24.2 Å². The highest BCUT2D eigenvalue weighted by atomic mass is 35.5. The van der Waals surface area contributed by atoms with Gasteiger partial charge in [-0.05, 0) is 12.5 Å². The van der Waals surface area contributed by atoms with Crippen LogP contribution in [-0.4, -0.2) is 47.7 Å². The van der Waals surface area contributed by atoms with Crippen molar-refractivity contribution in [1.29, 1.82) is 0 Å². The van der Waals surface area contributed by atoms with Gasteiger partial charge in [-0.15, -0.1) is 10.2 Å². The van der Waals surface area contributed by atoms with Crippen molar-refractivity contribution >= 4 is 28.2 Å². The third-order valence-electron chi connectivity index (χ3n) is 3.47. The van der Waals surface area contributed by atoms with Crippen molar-refractivity contribution in [3.8, 4) is 0 Å². The number of aromatic nitrogens is 3. The van der Waals surface area contributed by atoms with Crippen molar-refractivity contribution < 1.29 is 9.47 Å². The van der Waals surface area contributed by atoms with Gasteiger partial charge in [-0.3, -0.25) is 4.98 Å². The molecule has 3 rings (SSSR count). The predicted octanol–water partition coefficient (Wildman–Crippen LogP) is 1.89. The molecule has 2 aromatic rings. The average Bonchev–Trinajstić information content (AvgIpc) is 2.51. The Kier molecular flexibility index (Phi) is 3.95. The fourth-order valence-corrected chi connectivity index (χ4v) is 2.56. The predicted molar refractivity (Wildman–Crippen MR) is 76.0 cm³/mol. The van der Waals surface area contributed by atoms with Gasteiger partial charge in [0.2, 0.25) is 0 Å². The van der Waals surface area contributed by atoms with E-state index in [-0.39, 0.29) is 12.1 Å². The zero-order valence-electron chi connectivity index (χ0n) is 11.0. The van der Waals surface area contributed by atoms with Crippen LogP contribution in [0.5, 0.6) is 0 Å². The van der Waals surface area contributed by atoms with E-state index in [9.17, 15) is 0 Å². The van der Waals surface area contributed by atoms with Crippen LogP contribution in [0.2, 0.25) is 5.15 Å². The van der Waals surface area contributed by atoms with E-state index < -0.39 is 0 Å². The van der Waals surface area contributed by atoms with Gasteiger partial charge in [0.25, 0.3) is 0 Å². The summed E-state index contributed by atoms with van der Waals surface area (Å²) in [5.41, 5.74) is 0. The highest BCUT2D eigenvalue weighted by molar-refractivity contribution is 6.34. The maximum atomic E-state index is 6.05. The zero-order valence-corrected chi connectivity index (χ0v) is 11.8. The maximum Gasteiger partial charge on any atom is 0.159 e. The van der Waals surface area contributed by atoms with E-state index in [0.717, 1.165) is 17.2 Å². The third-order valence-corrected chi connectivity index (χ3v) is 3.74. The largest absolute Gasteiger partial charge is 0.379 e. The number of halogens is 1. The molecule has 1 fully saturated rings. The first-order chi connectivity index (χ1) is 9.79. The summed E-state index contributed by atoms with van der Waals surface area (Å²) < 4.78 is 10.8. The fourth-order valence-electron chi connectivity index (χ4n) is 2.36. The van der Waals surface area contributed by atoms with Crippen molar-refractivity contribution in [2.75, 3.05) is 25.6 Å². The molecule has 106 valence electrons. The van der Waals surface area contributed by atoms with Gasteiger partial charge in [0, 0.05) is 36.9 Å². The maximum absolute atomic E-state index is 6.05. The highest BCUT2D eigenvalue weighted by Gasteiger charge is 2.26. The van der Waals surface area contributed by atoms with Crippen molar-refractivity contribution in [2.45, 2.75) is 18.6 Å². The molecule has 7 heteroatoms. The van der Waals surface area contributed by atoms with Crippen LogP contribution < -0.4 is 5.32 Å². The van der Waals surface area contributed by atoms with E-state index in [1.807, 2.05) is 6.07 Å². The number of methoxy groups -OCH3 is 1. The molecule has 3 heterocycles. The van der Waals surface area contributed by atoms with Crippen molar-refractivity contribution in [1.82, 2.24) is 15.2 Å². The molecule has 2 aromatic heterocycles. The summed E-state index contributed by atoms with van der Waals surface area (Å²) in [6.45, 7) is 1.28. The Morgan fingerprint density at radius 3 is 3.15 bits per heavy atom. The number of anilines is 1. The molecule has 0 unspecified atom stereocenters. The van der Waals surface area contributed by atoms with Gasteiger partial charge in [0.05, 0.1) is 12.6 Å². The molecule has 1 saturated heterocycles. The number of rotatable bonds is 3. The number of nitrogens with one attached hydrogen (secondary N) is 1. The van der Waals surface area contributed by atoms with Gasteiger partial charge >= 0.3 is 0 Å². The first-order valence-corrected chi connectivity index (χ1v) is 6.80. The molecule has 1 aliphatic rings. The minimum Gasteiger partial charge on any atom is -0.379 e. The number of nitrogens with zero attached hydrogens (tertiary/aromatic N) is 3. The molecule has 0 radical (unpaired) electrons. The molecular formula is C13H15ClN4O2. The van der Waals surface area contributed by atoms with Crippen LogP contribution in [-0.2, 0) is 9.47 Å². The van der Waals surface area contributed by atoms with Crippen LogP contribution in [0.15, 0.2) is 18.5 Å². The molecule has 0 aliphatic carbocycles. The van der Waals surface area contributed by atoms with Crippen molar-refractivity contribution in [2.24, 2.45) is 0 Å². The molecule has 0 aromatic carbocycles. The lowest BCUT2D eigenvalue weighted by Crippen LogP contribution is -2.43. The smallest absolute Gasteiger partial charge is 0.159 e. The van der Waals surface area contributed by atoms with Gasteiger partial charge in [-0.2, -0.15) is 0 Å². The van der Waals surface area contributed by atoms with Gasteiger partial charge in [0.1, 0.15) is 6.10 Å². The summed E-state index contributed by atoms with van der Waals surface area (Å²) in [4.78, 5) is 4.12. The number of fused-ring (bicyclic) bond motifs is 1. The van der Waals surface area contributed by atoms with Crippen LogP contribution in [0, 0.1) is 0 Å². The fraction of sp³-hybridized carbons (Fsp3) is 0.462. The standard InChI is InChI=1S/C13H15ClN4O2/c1-19-11-7-20-5-3-10(11)16-13-9-6-15-4-2-8(9)12(14)17-18-13/h2,4,6,10-11H,3,5,7H2,1H3,(H,16,18)/t10-,11-/m1/s1. The van der Waals surface area contributed by atoms with Crippen molar-refractivity contribution in [3.63, 3.8) is 0 Å². The highest BCUT2D eigenvalue weighted by Crippen LogP contribution is 2.26. The molecular weight excluding hydrogens is 280 g/mol. The van der Waals surface area contributed by atoms with Crippen LogP contribution in [0.3, 0.4) is 0 Å². The Morgan fingerprint density at radius 2 is 2.30 bits per heavy atom. The van der Waals surface area contributed by atoms with Crippen molar-refractivity contribution in [3.05, 3.63) is 23.6 Å². The minimum atomic E-state index is -0.00653. The molecule has 6 nitrogen and oxygen atoms in total. The Labute approximate surface area is 121 Å². The summed E-state index contributed by atoms with van der Waals surface area (Å²) in [5.74, 6) is 0.673. The summed E-state index contributed by atoms with van der Waals surface area (Å²) in [7, 11) is 1.68. The van der Waals surface area contributed by atoms with Gasteiger partial charge < -0.3 is 14.8 Å². The molecule has 0 amide bonds.